The van der Waals surface area contributed by atoms with Crippen LogP contribution in [-0.2, 0) is 6.54 Å². The highest BCUT2D eigenvalue weighted by Gasteiger charge is 2.31. The van der Waals surface area contributed by atoms with E-state index in [1.54, 1.807) is 0 Å². The first-order chi connectivity index (χ1) is 8.74. The van der Waals surface area contributed by atoms with E-state index in [9.17, 15) is 4.79 Å². The fourth-order valence-corrected chi connectivity index (χ4v) is 3.06. The van der Waals surface area contributed by atoms with Crippen LogP contribution in [0.4, 0.5) is 0 Å². The Hall–Kier alpha value is -1.33. The van der Waals surface area contributed by atoms with Crippen molar-refractivity contribution in [2.24, 2.45) is 0 Å². The summed E-state index contributed by atoms with van der Waals surface area (Å²) in [5, 5.41) is 9.05. The van der Waals surface area contributed by atoms with Gasteiger partial charge in [0.2, 0.25) is 0 Å². The SMILES string of the molecule is O=C(O)c1ccoc1CN1CCN2CCCC2C1. The lowest BCUT2D eigenvalue weighted by atomic mass is 10.1. The number of carboxylic acids is 1. The Labute approximate surface area is 106 Å². The highest BCUT2D eigenvalue weighted by molar-refractivity contribution is 5.88. The number of furan rings is 1. The van der Waals surface area contributed by atoms with Crippen LogP contribution in [0.5, 0.6) is 0 Å². The van der Waals surface area contributed by atoms with Crippen molar-refractivity contribution in [3.8, 4) is 0 Å². The topological polar surface area (TPSA) is 56.9 Å². The standard InChI is InChI=1S/C13H18N2O3/c16-13(17)11-3-7-18-12(11)9-14-5-6-15-4-1-2-10(15)8-14/h3,7,10H,1-2,4-6,8-9H2,(H,16,17). The second-order valence-electron chi connectivity index (χ2n) is 5.13. The summed E-state index contributed by atoms with van der Waals surface area (Å²) in [5.41, 5.74) is 0.295. The molecule has 2 saturated heterocycles. The summed E-state index contributed by atoms with van der Waals surface area (Å²) in [5.74, 6) is -0.327. The van der Waals surface area contributed by atoms with Gasteiger partial charge in [-0.25, -0.2) is 4.79 Å². The van der Waals surface area contributed by atoms with Crippen molar-refractivity contribution in [3.05, 3.63) is 23.7 Å². The molecular formula is C13H18N2O3. The number of hydrogen-bond acceptors (Lipinski definition) is 4. The molecule has 1 N–H and O–H groups in total. The third kappa shape index (κ3) is 2.15. The Balaban J connectivity index is 1.66. The first-order valence-corrected chi connectivity index (χ1v) is 6.50. The Bertz CT molecular complexity index is 443. The molecule has 0 spiro atoms. The number of fused-ring (bicyclic) bond motifs is 1. The molecule has 5 nitrogen and oxygen atoms in total. The van der Waals surface area contributed by atoms with Gasteiger partial charge in [0.05, 0.1) is 12.8 Å². The number of piperazine rings is 1. The largest absolute Gasteiger partial charge is 0.478 e. The molecule has 2 aliphatic rings. The number of nitrogens with zero attached hydrogens (tertiary/aromatic N) is 2. The summed E-state index contributed by atoms with van der Waals surface area (Å²) >= 11 is 0. The Morgan fingerprint density at radius 1 is 1.44 bits per heavy atom. The minimum Gasteiger partial charge on any atom is -0.478 e. The number of aromatic carboxylic acids is 1. The fourth-order valence-electron chi connectivity index (χ4n) is 3.06. The van der Waals surface area contributed by atoms with Crippen LogP contribution in [-0.4, -0.2) is 53.1 Å². The zero-order valence-corrected chi connectivity index (χ0v) is 10.3. The van der Waals surface area contributed by atoms with Crippen LogP contribution in [0, 0.1) is 0 Å². The minimum atomic E-state index is -0.904. The highest BCUT2D eigenvalue weighted by Crippen LogP contribution is 2.23. The molecule has 18 heavy (non-hydrogen) atoms. The van der Waals surface area contributed by atoms with Crippen LogP contribution < -0.4 is 0 Å². The van der Waals surface area contributed by atoms with E-state index in [4.69, 9.17) is 9.52 Å². The van der Waals surface area contributed by atoms with Gasteiger partial charge in [-0.3, -0.25) is 9.80 Å². The minimum absolute atomic E-state index is 0.295. The molecule has 1 aromatic rings. The molecule has 0 amide bonds. The summed E-state index contributed by atoms with van der Waals surface area (Å²) in [4.78, 5) is 15.9. The van der Waals surface area contributed by atoms with Crippen LogP contribution in [0.1, 0.15) is 29.0 Å². The molecule has 1 aromatic heterocycles. The molecule has 2 aliphatic heterocycles. The molecular weight excluding hydrogens is 232 g/mol. The van der Waals surface area contributed by atoms with Gasteiger partial charge < -0.3 is 9.52 Å². The smallest absolute Gasteiger partial charge is 0.339 e. The predicted molar refractivity (Wildman–Crippen MR) is 65.5 cm³/mol. The normalized spacial score (nSPS) is 25.2. The molecule has 3 rings (SSSR count). The zero-order chi connectivity index (χ0) is 12.5. The van der Waals surface area contributed by atoms with Crippen molar-refractivity contribution in [2.45, 2.75) is 25.4 Å². The van der Waals surface area contributed by atoms with Crippen molar-refractivity contribution in [1.29, 1.82) is 0 Å². The summed E-state index contributed by atoms with van der Waals surface area (Å²) in [6, 6.07) is 2.19. The molecule has 5 heteroatoms. The second kappa shape index (κ2) is 4.74. The van der Waals surface area contributed by atoms with Crippen molar-refractivity contribution in [1.82, 2.24) is 9.80 Å². The molecule has 1 atom stereocenters. The van der Waals surface area contributed by atoms with E-state index in [0.717, 1.165) is 19.6 Å². The number of rotatable bonds is 3. The summed E-state index contributed by atoms with van der Waals surface area (Å²) in [7, 11) is 0. The van der Waals surface area contributed by atoms with Crippen LogP contribution in [0.2, 0.25) is 0 Å². The molecule has 1 unspecified atom stereocenters. The maximum absolute atomic E-state index is 11.0. The van der Waals surface area contributed by atoms with Gasteiger partial charge in [-0.1, -0.05) is 0 Å². The van der Waals surface area contributed by atoms with E-state index >= 15 is 0 Å². The van der Waals surface area contributed by atoms with E-state index in [1.807, 2.05) is 0 Å². The number of carbonyl (C=O) groups is 1. The molecule has 3 heterocycles. The van der Waals surface area contributed by atoms with Crippen molar-refractivity contribution in [2.75, 3.05) is 26.2 Å². The van der Waals surface area contributed by atoms with Gasteiger partial charge in [0, 0.05) is 25.7 Å². The van der Waals surface area contributed by atoms with E-state index in [0.29, 0.717) is 23.9 Å². The summed E-state index contributed by atoms with van der Waals surface area (Å²) in [6.07, 6.45) is 4.02. The van der Waals surface area contributed by atoms with Gasteiger partial charge in [-0.15, -0.1) is 0 Å². The van der Waals surface area contributed by atoms with E-state index < -0.39 is 5.97 Å². The number of hydrogen-bond donors (Lipinski definition) is 1. The van der Waals surface area contributed by atoms with E-state index in [-0.39, 0.29) is 0 Å². The molecule has 2 fully saturated rings. The lowest BCUT2D eigenvalue weighted by Gasteiger charge is -2.37. The number of carboxylic acid groups (broad SMARTS) is 1. The fraction of sp³-hybridized carbons (Fsp3) is 0.615. The maximum atomic E-state index is 11.0. The monoisotopic (exact) mass is 250 g/mol. The average Bonchev–Trinajstić information content (AvgIpc) is 2.96. The summed E-state index contributed by atoms with van der Waals surface area (Å²) < 4.78 is 5.30. The molecule has 0 aromatic carbocycles. The summed E-state index contributed by atoms with van der Waals surface area (Å²) in [6.45, 7) is 4.95. The maximum Gasteiger partial charge on any atom is 0.339 e. The first-order valence-electron chi connectivity index (χ1n) is 6.50. The molecule has 0 saturated carbocycles. The van der Waals surface area contributed by atoms with Crippen LogP contribution in [0.3, 0.4) is 0 Å². The van der Waals surface area contributed by atoms with Gasteiger partial charge >= 0.3 is 5.97 Å². The van der Waals surface area contributed by atoms with Gasteiger partial charge in [-0.05, 0) is 25.5 Å². The predicted octanol–water partition coefficient (Wildman–Crippen LogP) is 1.26. The molecule has 98 valence electrons. The van der Waals surface area contributed by atoms with E-state index in [2.05, 4.69) is 9.80 Å². The Kier molecular flexibility index (Phi) is 3.09. The van der Waals surface area contributed by atoms with Crippen molar-refractivity contribution in [3.63, 3.8) is 0 Å². The Morgan fingerprint density at radius 3 is 3.17 bits per heavy atom. The Morgan fingerprint density at radius 2 is 2.33 bits per heavy atom. The van der Waals surface area contributed by atoms with Gasteiger partial charge in [0.15, 0.2) is 0 Å². The van der Waals surface area contributed by atoms with Crippen molar-refractivity contribution < 1.29 is 14.3 Å². The molecule has 0 radical (unpaired) electrons. The average molecular weight is 250 g/mol. The second-order valence-corrected chi connectivity index (χ2v) is 5.13. The third-order valence-corrected chi connectivity index (χ3v) is 4.01. The van der Waals surface area contributed by atoms with Crippen LogP contribution in [0.25, 0.3) is 0 Å². The lowest BCUT2D eigenvalue weighted by Crippen LogP contribution is -2.49. The molecule has 0 bridgehead atoms. The van der Waals surface area contributed by atoms with Gasteiger partial charge in [-0.2, -0.15) is 0 Å². The third-order valence-electron chi connectivity index (χ3n) is 4.01. The first kappa shape index (κ1) is 11.7. The van der Waals surface area contributed by atoms with Gasteiger partial charge in [0.1, 0.15) is 11.3 Å². The van der Waals surface area contributed by atoms with E-state index in [1.165, 1.54) is 31.7 Å². The highest BCUT2D eigenvalue weighted by atomic mass is 16.4. The van der Waals surface area contributed by atoms with Crippen LogP contribution >= 0.6 is 0 Å². The van der Waals surface area contributed by atoms with Gasteiger partial charge in [0.25, 0.3) is 0 Å². The van der Waals surface area contributed by atoms with Crippen molar-refractivity contribution >= 4 is 5.97 Å². The van der Waals surface area contributed by atoms with Crippen LogP contribution in [0.15, 0.2) is 16.7 Å². The quantitative estimate of drug-likeness (QED) is 0.875. The lowest BCUT2D eigenvalue weighted by molar-refractivity contribution is 0.0686. The molecule has 0 aliphatic carbocycles. The zero-order valence-electron chi connectivity index (χ0n) is 10.3.